The number of halogens is 1. The lowest BCUT2D eigenvalue weighted by Crippen LogP contribution is -2.51. The lowest BCUT2D eigenvalue weighted by atomic mass is 9.93. The summed E-state index contributed by atoms with van der Waals surface area (Å²) in [5.74, 6) is 0.443. The van der Waals surface area contributed by atoms with Crippen molar-refractivity contribution in [2.45, 2.75) is 31.7 Å². The second-order valence-corrected chi connectivity index (χ2v) is 6.21. The standard InChI is InChI=1S/C16H21ClN2O/c17-13-2-1-3-15(12-13)19-10-8-18(9-11-19)14-4-6-16(20)7-5-14/h1-3,12,14H,4-11H2. The van der Waals surface area contributed by atoms with Gasteiger partial charge in [0.25, 0.3) is 0 Å². The van der Waals surface area contributed by atoms with E-state index in [-0.39, 0.29) is 0 Å². The molecule has 0 bridgehead atoms. The van der Waals surface area contributed by atoms with Crippen molar-refractivity contribution in [2.75, 3.05) is 31.1 Å². The van der Waals surface area contributed by atoms with E-state index in [1.54, 1.807) is 0 Å². The van der Waals surface area contributed by atoms with Gasteiger partial charge in [0.15, 0.2) is 0 Å². The minimum atomic E-state index is 0.443. The normalized spacial score (nSPS) is 22.2. The van der Waals surface area contributed by atoms with Crippen LogP contribution in [-0.4, -0.2) is 42.9 Å². The molecular formula is C16H21ClN2O. The topological polar surface area (TPSA) is 23.6 Å². The highest BCUT2D eigenvalue weighted by Crippen LogP contribution is 2.24. The zero-order valence-corrected chi connectivity index (χ0v) is 12.5. The molecule has 1 aliphatic heterocycles. The smallest absolute Gasteiger partial charge is 0.133 e. The van der Waals surface area contributed by atoms with Crippen LogP contribution in [0.5, 0.6) is 0 Å². The molecule has 0 spiro atoms. The minimum absolute atomic E-state index is 0.443. The molecule has 2 fully saturated rings. The first-order valence-electron chi connectivity index (χ1n) is 7.48. The highest BCUT2D eigenvalue weighted by atomic mass is 35.5. The number of Topliss-reactive ketones (excluding diaryl/α,β-unsaturated/α-hetero) is 1. The number of rotatable bonds is 2. The van der Waals surface area contributed by atoms with E-state index in [0.717, 1.165) is 56.9 Å². The van der Waals surface area contributed by atoms with E-state index in [1.165, 1.54) is 5.69 Å². The minimum Gasteiger partial charge on any atom is -0.369 e. The van der Waals surface area contributed by atoms with Gasteiger partial charge in [0.1, 0.15) is 5.78 Å². The summed E-state index contributed by atoms with van der Waals surface area (Å²) in [7, 11) is 0. The summed E-state index contributed by atoms with van der Waals surface area (Å²) in [5, 5.41) is 0.802. The summed E-state index contributed by atoms with van der Waals surface area (Å²) < 4.78 is 0. The Bertz CT molecular complexity index is 473. The molecule has 4 heteroatoms. The van der Waals surface area contributed by atoms with Crippen molar-refractivity contribution in [2.24, 2.45) is 0 Å². The number of carbonyl (C=O) groups is 1. The van der Waals surface area contributed by atoms with Gasteiger partial charge in [-0.2, -0.15) is 0 Å². The Morgan fingerprint density at radius 1 is 1.05 bits per heavy atom. The highest BCUT2D eigenvalue weighted by molar-refractivity contribution is 6.30. The molecule has 1 heterocycles. The largest absolute Gasteiger partial charge is 0.369 e. The first-order chi connectivity index (χ1) is 9.72. The third kappa shape index (κ3) is 3.15. The van der Waals surface area contributed by atoms with E-state index in [9.17, 15) is 4.79 Å². The molecule has 1 saturated heterocycles. The Labute approximate surface area is 125 Å². The summed E-state index contributed by atoms with van der Waals surface area (Å²) in [6.07, 6.45) is 3.66. The van der Waals surface area contributed by atoms with Crippen LogP contribution in [-0.2, 0) is 4.79 Å². The lowest BCUT2D eigenvalue weighted by molar-refractivity contribution is -0.121. The maximum absolute atomic E-state index is 11.3. The third-order valence-corrected chi connectivity index (χ3v) is 4.75. The van der Waals surface area contributed by atoms with Gasteiger partial charge in [-0.15, -0.1) is 0 Å². The maximum Gasteiger partial charge on any atom is 0.133 e. The van der Waals surface area contributed by atoms with Crippen LogP contribution < -0.4 is 4.90 Å². The Morgan fingerprint density at radius 2 is 1.75 bits per heavy atom. The first-order valence-corrected chi connectivity index (χ1v) is 7.86. The van der Waals surface area contributed by atoms with Gasteiger partial charge in [0.2, 0.25) is 0 Å². The van der Waals surface area contributed by atoms with Crippen molar-refractivity contribution < 1.29 is 4.79 Å². The van der Waals surface area contributed by atoms with E-state index >= 15 is 0 Å². The quantitative estimate of drug-likeness (QED) is 0.837. The Kier molecular flexibility index (Phi) is 4.27. The van der Waals surface area contributed by atoms with Gasteiger partial charge in [0.05, 0.1) is 0 Å². The van der Waals surface area contributed by atoms with Crippen molar-refractivity contribution in [3.8, 4) is 0 Å². The summed E-state index contributed by atoms with van der Waals surface area (Å²) in [6, 6.07) is 8.71. The molecule has 1 aromatic rings. The number of anilines is 1. The maximum atomic E-state index is 11.3. The monoisotopic (exact) mass is 292 g/mol. The highest BCUT2D eigenvalue weighted by Gasteiger charge is 2.27. The molecule has 1 aromatic carbocycles. The van der Waals surface area contributed by atoms with Gasteiger partial charge in [-0.05, 0) is 31.0 Å². The van der Waals surface area contributed by atoms with Crippen LogP contribution in [0.1, 0.15) is 25.7 Å². The molecule has 2 aliphatic rings. The summed E-state index contributed by atoms with van der Waals surface area (Å²) >= 11 is 6.06. The third-order valence-electron chi connectivity index (χ3n) is 4.52. The number of nitrogens with zero attached hydrogens (tertiary/aromatic N) is 2. The van der Waals surface area contributed by atoms with Crippen molar-refractivity contribution >= 4 is 23.1 Å². The Morgan fingerprint density at radius 3 is 2.40 bits per heavy atom. The van der Waals surface area contributed by atoms with Crippen molar-refractivity contribution in [3.05, 3.63) is 29.3 Å². The Hall–Kier alpha value is -1.06. The van der Waals surface area contributed by atoms with Crippen LogP contribution in [0, 0.1) is 0 Å². The second-order valence-electron chi connectivity index (χ2n) is 5.77. The van der Waals surface area contributed by atoms with Gasteiger partial charge in [-0.3, -0.25) is 9.69 Å². The molecule has 0 radical (unpaired) electrons. The summed E-state index contributed by atoms with van der Waals surface area (Å²) in [4.78, 5) is 16.3. The fraction of sp³-hybridized carbons (Fsp3) is 0.562. The molecule has 20 heavy (non-hydrogen) atoms. The van der Waals surface area contributed by atoms with Crippen LogP contribution in [0.4, 0.5) is 5.69 Å². The van der Waals surface area contributed by atoms with Gasteiger partial charge >= 0.3 is 0 Å². The molecule has 1 aliphatic carbocycles. The molecule has 0 aromatic heterocycles. The number of piperazine rings is 1. The SMILES string of the molecule is O=C1CCC(N2CCN(c3cccc(Cl)c3)CC2)CC1. The van der Waals surface area contributed by atoms with E-state index in [0.29, 0.717) is 11.8 Å². The van der Waals surface area contributed by atoms with Gasteiger partial charge < -0.3 is 4.90 Å². The number of hydrogen-bond donors (Lipinski definition) is 0. The average molecular weight is 293 g/mol. The number of carbonyl (C=O) groups excluding carboxylic acids is 1. The predicted molar refractivity (Wildman–Crippen MR) is 82.5 cm³/mol. The molecule has 0 N–H and O–H groups in total. The van der Waals surface area contributed by atoms with Gasteiger partial charge in [-0.25, -0.2) is 0 Å². The molecule has 1 saturated carbocycles. The number of ketones is 1. The number of hydrogen-bond acceptors (Lipinski definition) is 3. The van der Waals surface area contributed by atoms with Gasteiger partial charge in [0, 0.05) is 55.8 Å². The first kappa shape index (κ1) is 13.9. The van der Waals surface area contributed by atoms with Crippen molar-refractivity contribution in [1.82, 2.24) is 4.90 Å². The lowest BCUT2D eigenvalue weighted by Gasteiger charge is -2.41. The van der Waals surface area contributed by atoms with Crippen LogP contribution in [0.2, 0.25) is 5.02 Å². The molecule has 3 rings (SSSR count). The predicted octanol–water partition coefficient (Wildman–Crippen LogP) is 2.97. The van der Waals surface area contributed by atoms with E-state index in [2.05, 4.69) is 15.9 Å². The van der Waals surface area contributed by atoms with E-state index in [1.807, 2.05) is 18.2 Å². The summed E-state index contributed by atoms with van der Waals surface area (Å²) in [6.45, 7) is 4.27. The fourth-order valence-corrected chi connectivity index (χ4v) is 3.49. The van der Waals surface area contributed by atoms with E-state index < -0.39 is 0 Å². The average Bonchev–Trinajstić information content (AvgIpc) is 2.48. The Balaban J connectivity index is 1.55. The van der Waals surface area contributed by atoms with E-state index in [4.69, 9.17) is 11.6 Å². The number of benzene rings is 1. The second kappa shape index (κ2) is 6.15. The fourth-order valence-electron chi connectivity index (χ4n) is 3.31. The zero-order valence-electron chi connectivity index (χ0n) is 11.7. The van der Waals surface area contributed by atoms with Crippen LogP contribution >= 0.6 is 11.6 Å². The van der Waals surface area contributed by atoms with Crippen molar-refractivity contribution in [1.29, 1.82) is 0 Å². The molecule has 0 atom stereocenters. The van der Waals surface area contributed by atoms with Crippen LogP contribution in [0.15, 0.2) is 24.3 Å². The molecule has 0 amide bonds. The van der Waals surface area contributed by atoms with Crippen LogP contribution in [0.3, 0.4) is 0 Å². The van der Waals surface area contributed by atoms with Crippen LogP contribution in [0.25, 0.3) is 0 Å². The molecule has 0 unspecified atom stereocenters. The zero-order chi connectivity index (χ0) is 13.9. The molecule has 3 nitrogen and oxygen atoms in total. The molecule has 108 valence electrons. The molecular weight excluding hydrogens is 272 g/mol. The van der Waals surface area contributed by atoms with Gasteiger partial charge in [-0.1, -0.05) is 17.7 Å². The van der Waals surface area contributed by atoms with Crippen molar-refractivity contribution in [3.63, 3.8) is 0 Å². The summed E-state index contributed by atoms with van der Waals surface area (Å²) in [5.41, 5.74) is 1.22.